The van der Waals surface area contributed by atoms with Crippen LogP contribution in [0.15, 0.2) is 12.1 Å². The Hall–Kier alpha value is -0.670. The topological polar surface area (TPSA) is 29.1 Å². The summed E-state index contributed by atoms with van der Waals surface area (Å²) in [5, 5.41) is 3.28. The molecule has 76 valence electrons. The summed E-state index contributed by atoms with van der Waals surface area (Å²) in [6.07, 6.45) is 3.37. The minimum absolute atomic E-state index is 0.0711. The van der Waals surface area contributed by atoms with Crippen LogP contribution in [0.2, 0.25) is 0 Å². The van der Waals surface area contributed by atoms with Crippen molar-refractivity contribution in [3.8, 4) is 0 Å². The highest BCUT2D eigenvalue weighted by atomic mass is 32.1. The van der Waals surface area contributed by atoms with Crippen molar-refractivity contribution in [2.24, 2.45) is 0 Å². The third-order valence-electron chi connectivity index (χ3n) is 2.61. The molecule has 0 aliphatic carbocycles. The molecule has 0 saturated carbocycles. The second kappa shape index (κ2) is 4.24. The van der Waals surface area contributed by atoms with E-state index in [2.05, 4.69) is 5.32 Å². The molecule has 0 amide bonds. The monoisotopic (exact) mass is 209 g/mol. The van der Waals surface area contributed by atoms with Gasteiger partial charge in [0, 0.05) is 4.88 Å². The van der Waals surface area contributed by atoms with Gasteiger partial charge in [-0.1, -0.05) is 6.42 Å². The van der Waals surface area contributed by atoms with Gasteiger partial charge in [-0.25, -0.2) is 0 Å². The molecule has 1 saturated heterocycles. The third kappa shape index (κ3) is 2.04. The van der Waals surface area contributed by atoms with Crippen LogP contribution in [0.1, 0.15) is 33.8 Å². The van der Waals surface area contributed by atoms with Crippen molar-refractivity contribution in [2.75, 3.05) is 6.54 Å². The van der Waals surface area contributed by atoms with Gasteiger partial charge in [0.1, 0.15) is 0 Å². The number of carbonyl (C=O) groups is 1. The number of piperidine rings is 1. The van der Waals surface area contributed by atoms with E-state index in [9.17, 15) is 4.79 Å². The minimum atomic E-state index is 0.0711. The molecule has 1 aliphatic rings. The molecule has 1 N–H and O–H groups in total. The van der Waals surface area contributed by atoms with Crippen molar-refractivity contribution in [3.05, 3.63) is 21.9 Å². The smallest absolute Gasteiger partial charge is 0.189 e. The molecule has 1 aliphatic heterocycles. The van der Waals surface area contributed by atoms with Crippen LogP contribution in [0.5, 0.6) is 0 Å². The van der Waals surface area contributed by atoms with Gasteiger partial charge in [0.15, 0.2) is 5.78 Å². The lowest BCUT2D eigenvalue weighted by Gasteiger charge is -2.21. The van der Waals surface area contributed by atoms with E-state index >= 15 is 0 Å². The van der Waals surface area contributed by atoms with Crippen LogP contribution in [-0.2, 0) is 0 Å². The Balaban J connectivity index is 2.07. The van der Waals surface area contributed by atoms with Crippen LogP contribution in [0, 0.1) is 6.92 Å². The molecule has 1 aromatic heterocycles. The highest BCUT2D eigenvalue weighted by Crippen LogP contribution is 2.19. The van der Waals surface area contributed by atoms with E-state index in [0.29, 0.717) is 0 Å². The number of hydrogen-bond donors (Lipinski definition) is 1. The Kier molecular flexibility index (Phi) is 2.99. The first-order chi connectivity index (χ1) is 6.77. The van der Waals surface area contributed by atoms with Crippen molar-refractivity contribution in [1.82, 2.24) is 5.32 Å². The molecule has 0 aromatic carbocycles. The minimum Gasteiger partial charge on any atom is -0.307 e. The van der Waals surface area contributed by atoms with E-state index in [4.69, 9.17) is 0 Å². The summed E-state index contributed by atoms with van der Waals surface area (Å²) in [6, 6.07) is 4.03. The van der Waals surface area contributed by atoms with Crippen LogP contribution in [-0.4, -0.2) is 18.4 Å². The SMILES string of the molecule is Cc1ccc(C(=O)C2CCCCN2)s1. The maximum Gasteiger partial charge on any atom is 0.189 e. The number of aryl methyl sites for hydroxylation is 1. The number of hydrogen-bond acceptors (Lipinski definition) is 3. The number of carbonyl (C=O) groups excluding carboxylic acids is 1. The van der Waals surface area contributed by atoms with Crippen LogP contribution in [0.4, 0.5) is 0 Å². The van der Waals surface area contributed by atoms with Crippen molar-refractivity contribution >= 4 is 17.1 Å². The molecule has 3 heteroatoms. The second-order valence-electron chi connectivity index (χ2n) is 3.78. The quantitative estimate of drug-likeness (QED) is 0.758. The van der Waals surface area contributed by atoms with Crippen LogP contribution in [0.25, 0.3) is 0 Å². The fraction of sp³-hybridized carbons (Fsp3) is 0.545. The summed E-state index contributed by atoms with van der Waals surface area (Å²) in [5.41, 5.74) is 0. The number of Topliss-reactive ketones (excluding diaryl/α,β-unsaturated/α-hetero) is 1. The summed E-state index contributed by atoms with van der Waals surface area (Å²) < 4.78 is 0. The molecular weight excluding hydrogens is 194 g/mol. The summed E-state index contributed by atoms with van der Waals surface area (Å²) in [6.45, 7) is 3.02. The summed E-state index contributed by atoms with van der Waals surface area (Å²) >= 11 is 1.60. The molecule has 1 atom stereocenters. The van der Waals surface area contributed by atoms with Crippen molar-refractivity contribution in [3.63, 3.8) is 0 Å². The van der Waals surface area contributed by atoms with Crippen LogP contribution in [0.3, 0.4) is 0 Å². The normalized spacial score (nSPS) is 22.2. The van der Waals surface area contributed by atoms with Crippen molar-refractivity contribution < 1.29 is 4.79 Å². The molecule has 1 fully saturated rings. The van der Waals surface area contributed by atoms with Gasteiger partial charge in [0.2, 0.25) is 0 Å². The lowest BCUT2D eigenvalue weighted by molar-refractivity contribution is 0.0931. The Morgan fingerprint density at radius 2 is 2.36 bits per heavy atom. The molecule has 2 nitrogen and oxygen atoms in total. The Morgan fingerprint density at radius 3 is 2.93 bits per heavy atom. The maximum atomic E-state index is 12.0. The van der Waals surface area contributed by atoms with Gasteiger partial charge in [-0.15, -0.1) is 11.3 Å². The molecule has 2 rings (SSSR count). The summed E-state index contributed by atoms with van der Waals surface area (Å²) in [7, 11) is 0. The first-order valence-electron chi connectivity index (χ1n) is 5.11. The number of nitrogens with one attached hydrogen (secondary N) is 1. The molecule has 1 unspecified atom stereocenters. The largest absolute Gasteiger partial charge is 0.307 e. The first-order valence-corrected chi connectivity index (χ1v) is 5.93. The van der Waals surface area contributed by atoms with Gasteiger partial charge in [-0.3, -0.25) is 4.79 Å². The number of thiophene rings is 1. The van der Waals surface area contributed by atoms with E-state index in [1.54, 1.807) is 11.3 Å². The molecule has 1 aromatic rings. The average molecular weight is 209 g/mol. The van der Waals surface area contributed by atoms with E-state index in [1.165, 1.54) is 17.7 Å². The molecule has 0 spiro atoms. The van der Waals surface area contributed by atoms with Crippen molar-refractivity contribution in [1.29, 1.82) is 0 Å². The van der Waals surface area contributed by atoms with E-state index in [1.807, 2.05) is 19.1 Å². The molecular formula is C11H15NOS. The predicted molar refractivity (Wildman–Crippen MR) is 59.0 cm³/mol. The zero-order valence-electron chi connectivity index (χ0n) is 8.38. The lowest BCUT2D eigenvalue weighted by Crippen LogP contribution is -2.40. The van der Waals surface area contributed by atoms with Gasteiger partial charge in [0.25, 0.3) is 0 Å². The van der Waals surface area contributed by atoms with E-state index in [0.717, 1.165) is 17.8 Å². The fourth-order valence-electron chi connectivity index (χ4n) is 1.81. The van der Waals surface area contributed by atoms with Crippen LogP contribution < -0.4 is 5.32 Å². The average Bonchev–Trinajstić information content (AvgIpc) is 2.65. The molecule has 2 heterocycles. The fourth-order valence-corrected chi connectivity index (χ4v) is 2.68. The van der Waals surface area contributed by atoms with Gasteiger partial charge < -0.3 is 5.32 Å². The highest BCUT2D eigenvalue weighted by molar-refractivity contribution is 7.14. The molecule has 14 heavy (non-hydrogen) atoms. The van der Waals surface area contributed by atoms with Crippen molar-refractivity contribution in [2.45, 2.75) is 32.2 Å². The molecule has 0 radical (unpaired) electrons. The Labute approximate surface area is 88.3 Å². The maximum absolute atomic E-state index is 12.0. The van der Waals surface area contributed by atoms with Gasteiger partial charge in [-0.2, -0.15) is 0 Å². The zero-order chi connectivity index (χ0) is 9.97. The van der Waals surface area contributed by atoms with E-state index in [-0.39, 0.29) is 11.8 Å². The Bertz CT molecular complexity index is 326. The second-order valence-corrected chi connectivity index (χ2v) is 5.06. The van der Waals surface area contributed by atoms with Gasteiger partial charge >= 0.3 is 0 Å². The lowest BCUT2D eigenvalue weighted by atomic mass is 10.0. The van der Waals surface area contributed by atoms with Gasteiger partial charge in [-0.05, 0) is 38.4 Å². The number of ketones is 1. The van der Waals surface area contributed by atoms with Crippen LogP contribution >= 0.6 is 11.3 Å². The number of rotatable bonds is 2. The molecule has 0 bridgehead atoms. The highest BCUT2D eigenvalue weighted by Gasteiger charge is 2.22. The third-order valence-corrected chi connectivity index (χ3v) is 3.63. The standard InChI is InChI=1S/C11H15NOS/c1-8-5-6-10(14-8)11(13)9-4-2-3-7-12-9/h5-6,9,12H,2-4,7H2,1H3. The first kappa shape index (κ1) is 9.87. The zero-order valence-corrected chi connectivity index (χ0v) is 9.19. The Morgan fingerprint density at radius 1 is 1.50 bits per heavy atom. The predicted octanol–water partition coefficient (Wildman–Crippen LogP) is 2.38. The summed E-state index contributed by atoms with van der Waals surface area (Å²) in [4.78, 5) is 14.1. The van der Waals surface area contributed by atoms with Gasteiger partial charge in [0.05, 0.1) is 10.9 Å². The summed E-state index contributed by atoms with van der Waals surface area (Å²) in [5.74, 6) is 0.280. The van der Waals surface area contributed by atoms with E-state index < -0.39 is 0 Å².